The summed E-state index contributed by atoms with van der Waals surface area (Å²) in [7, 11) is 1.66. The molecule has 1 aliphatic rings. The number of ether oxygens (including phenoxy) is 1. The van der Waals surface area contributed by atoms with Crippen molar-refractivity contribution >= 4 is 5.91 Å². The molecule has 0 atom stereocenters. The monoisotopic (exact) mass is 427 g/mol. The van der Waals surface area contributed by atoms with E-state index in [-0.39, 0.29) is 17.9 Å². The highest BCUT2D eigenvalue weighted by atomic mass is 16.5. The molecule has 1 amide bonds. The lowest BCUT2D eigenvalue weighted by molar-refractivity contribution is -0.00543. The van der Waals surface area contributed by atoms with Crippen molar-refractivity contribution in [3.05, 3.63) is 41.5 Å². The Bertz CT molecular complexity index is 919. The van der Waals surface area contributed by atoms with Crippen molar-refractivity contribution in [3.8, 4) is 11.4 Å². The van der Waals surface area contributed by atoms with Crippen molar-refractivity contribution in [1.29, 1.82) is 0 Å². The molecule has 1 fully saturated rings. The largest absolute Gasteiger partial charge is 0.495 e. The fourth-order valence-corrected chi connectivity index (χ4v) is 4.28. The molecule has 1 heterocycles. The van der Waals surface area contributed by atoms with E-state index in [1.807, 2.05) is 17.6 Å². The first-order valence-corrected chi connectivity index (χ1v) is 11.2. The third-order valence-electron chi connectivity index (χ3n) is 6.14. The average Bonchev–Trinajstić information content (AvgIpc) is 3.09. The minimum atomic E-state index is -0.814. The van der Waals surface area contributed by atoms with E-state index < -0.39 is 5.60 Å². The zero-order chi connectivity index (χ0) is 22.8. The number of nitrogens with one attached hydrogen (secondary N) is 1. The standard InChI is InChI=1S/C25H37N3O3/c1-17-9-11-25(30,12-10-17)16-26-23(29)20-15-28(18(2)27-20)21-8-7-19(13-22(21)31-6)14-24(3,4)5/h7-8,13,15,17,30H,9-12,14,16H2,1-6H3,(H,26,29). The second-order valence-corrected chi connectivity index (χ2v) is 10.4. The summed E-state index contributed by atoms with van der Waals surface area (Å²) in [6, 6.07) is 6.17. The van der Waals surface area contributed by atoms with Crippen LogP contribution >= 0.6 is 0 Å². The molecule has 6 heteroatoms. The van der Waals surface area contributed by atoms with Gasteiger partial charge in [-0.1, -0.05) is 33.8 Å². The number of carbonyl (C=O) groups is 1. The van der Waals surface area contributed by atoms with E-state index >= 15 is 0 Å². The molecule has 2 N–H and O–H groups in total. The molecule has 0 bridgehead atoms. The number of nitrogens with zero attached hydrogens (tertiary/aromatic N) is 2. The van der Waals surface area contributed by atoms with E-state index in [1.54, 1.807) is 13.3 Å². The molecule has 0 spiro atoms. The van der Waals surface area contributed by atoms with E-state index in [1.165, 1.54) is 5.56 Å². The molecule has 170 valence electrons. The molecule has 0 unspecified atom stereocenters. The summed E-state index contributed by atoms with van der Waals surface area (Å²) in [6.45, 7) is 11.0. The number of aliphatic hydroxyl groups is 1. The minimum Gasteiger partial charge on any atom is -0.495 e. The Morgan fingerprint density at radius 2 is 2.00 bits per heavy atom. The van der Waals surface area contributed by atoms with Gasteiger partial charge in [-0.05, 0) is 68.1 Å². The number of methoxy groups -OCH3 is 1. The number of rotatable bonds is 6. The fourth-order valence-electron chi connectivity index (χ4n) is 4.28. The van der Waals surface area contributed by atoms with Crippen molar-refractivity contribution in [3.63, 3.8) is 0 Å². The first-order valence-electron chi connectivity index (χ1n) is 11.2. The van der Waals surface area contributed by atoms with Crippen molar-refractivity contribution in [2.75, 3.05) is 13.7 Å². The van der Waals surface area contributed by atoms with Crippen molar-refractivity contribution in [2.24, 2.45) is 11.3 Å². The van der Waals surface area contributed by atoms with Crippen LogP contribution in [-0.2, 0) is 6.42 Å². The van der Waals surface area contributed by atoms with Gasteiger partial charge >= 0.3 is 0 Å². The summed E-state index contributed by atoms with van der Waals surface area (Å²) < 4.78 is 7.53. The summed E-state index contributed by atoms with van der Waals surface area (Å²) in [5.41, 5.74) is 1.77. The van der Waals surface area contributed by atoms with Crippen LogP contribution in [0.5, 0.6) is 5.75 Å². The Morgan fingerprint density at radius 3 is 2.61 bits per heavy atom. The smallest absolute Gasteiger partial charge is 0.271 e. The number of aromatic nitrogens is 2. The van der Waals surface area contributed by atoms with Crippen molar-refractivity contribution in [1.82, 2.24) is 14.9 Å². The predicted octanol–water partition coefficient (Wildman–Crippen LogP) is 4.45. The molecule has 1 saturated carbocycles. The quantitative estimate of drug-likeness (QED) is 0.714. The van der Waals surface area contributed by atoms with Crippen LogP contribution in [0.1, 0.15) is 75.3 Å². The minimum absolute atomic E-state index is 0.184. The summed E-state index contributed by atoms with van der Waals surface area (Å²) in [5, 5.41) is 13.6. The summed E-state index contributed by atoms with van der Waals surface area (Å²) in [6.07, 6.45) is 6.11. The molecule has 0 radical (unpaired) electrons. The van der Waals surface area contributed by atoms with Gasteiger partial charge in [0, 0.05) is 12.7 Å². The van der Waals surface area contributed by atoms with Crippen LogP contribution in [-0.4, -0.2) is 39.8 Å². The Morgan fingerprint density at radius 1 is 1.32 bits per heavy atom. The number of imidazole rings is 1. The molecular weight excluding hydrogens is 390 g/mol. The zero-order valence-electron chi connectivity index (χ0n) is 19.8. The highest BCUT2D eigenvalue weighted by molar-refractivity contribution is 5.92. The van der Waals surface area contributed by atoms with E-state index in [9.17, 15) is 9.90 Å². The Kier molecular flexibility index (Phi) is 6.79. The van der Waals surface area contributed by atoms with Gasteiger partial charge in [-0.3, -0.25) is 9.36 Å². The fraction of sp³-hybridized carbons (Fsp3) is 0.600. The molecule has 2 aromatic rings. The Labute approximate surface area is 186 Å². The van der Waals surface area contributed by atoms with E-state index in [0.29, 0.717) is 17.4 Å². The number of hydrogen-bond donors (Lipinski definition) is 2. The first-order chi connectivity index (χ1) is 14.5. The number of hydrogen-bond acceptors (Lipinski definition) is 4. The van der Waals surface area contributed by atoms with E-state index in [4.69, 9.17) is 4.74 Å². The van der Waals surface area contributed by atoms with Gasteiger partial charge in [-0.15, -0.1) is 0 Å². The average molecular weight is 428 g/mol. The van der Waals surface area contributed by atoms with E-state index in [0.717, 1.165) is 43.5 Å². The van der Waals surface area contributed by atoms with Gasteiger partial charge in [-0.25, -0.2) is 4.98 Å². The second-order valence-electron chi connectivity index (χ2n) is 10.4. The van der Waals surface area contributed by atoms with Crippen LogP contribution in [0.4, 0.5) is 0 Å². The lowest BCUT2D eigenvalue weighted by Crippen LogP contribution is -2.45. The van der Waals surface area contributed by atoms with Gasteiger partial charge in [0.05, 0.1) is 18.4 Å². The molecule has 1 aromatic heterocycles. The third kappa shape index (κ3) is 5.88. The summed E-state index contributed by atoms with van der Waals surface area (Å²) in [5.74, 6) is 1.83. The number of aryl methyl sites for hydroxylation is 1. The topological polar surface area (TPSA) is 76.4 Å². The molecule has 1 aliphatic carbocycles. The molecule has 0 saturated heterocycles. The lowest BCUT2D eigenvalue weighted by Gasteiger charge is -2.34. The van der Waals surface area contributed by atoms with Gasteiger partial charge in [0.25, 0.3) is 5.91 Å². The third-order valence-corrected chi connectivity index (χ3v) is 6.14. The van der Waals surface area contributed by atoms with Crippen molar-refractivity contribution in [2.45, 2.75) is 72.3 Å². The SMILES string of the molecule is COc1cc(CC(C)(C)C)ccc1-n1cc(C(=O)NCC2(O)CCC(C)CC2)nc1C. The summed E-state index contributed by atoms with van der Waals surface area (Å²) >= 11 is 0. The second kappa shape index (κ2) is 9.03. The highest BCUT2D eigenvalue weighted by Crippen LogP contribution is 2.32. The van der Waals surface area contributed by atoms with E-state index in [2.05, 4.69) is 50.1 Å². The van der Waals surface area contributed by atoms with Crippen LogP contribution in [0, 0.1) is 18.3 Å². The van der Waals surface area contributed by atoms with Crippen LogP contribution in [0.2, 0.25) is 0 Å². The maximum absolute atomic E-state index is 12.7. The van der Waals surface area contributed by atoms with Gasteiger partial charge in [0.1, 0.15) is 17.3 Å². The predicted molar refractivity (Wildman–Crippen MR) is 123 cm³/mol. The normalized spacial score (nSPS) is 21.7. The molecule has 31 heavy (non-hydrogen) atoms. The molecule has 1 aromatic carbocycles. The van der Waals surface area contributed by atoms with Gasteiger partial charge in [0.2, 0.25) is 0 Å². The maximum atomic E-state index is 12.7. The summed E-state index contributed by atoms with van der Waals surface area (Å²) in [4.78, 5) is 17.2. The number of benzene rings is 1. The number of amides is 1. The molecular formula is C25H37N3O3. The number of carbonyl (C=O) groups excluding carboxylic acids is 1. The molecule has 0 aliphatic heterocycles. The van der Waals surface area contributed by atoms with Crippen LogP contribution in [0.15, 0.2) is 24.4 Å². The van der Waals surface area contributed by atoms with Gasteiger partial charge in [-0.2, -0.15) is 0 Å². The lowest BCUT2D eigenvalue weighted by atomic mass is 9.79. The van der Waals surface area contributed by atoms with Crippen LogP contribution in [0.3, 0.4) is 0 Å². The Balaban J connectivity index is 1.75. The van der Waals surface area contributed by atoms with Crippen molar-refractivity contribution < 1.29 is 14.6 Å². The maximum Gasteiger partial charge on any atom is 0.271 e. The Hall–Kier alpha value is -2.34. The molecule has 3 rings (SSSR count). The first kappa shape index (κ1) is 23.3. The van der Waals surface area contributed by atoms with Crippen LogP contribution < -0.4 is 10.1 Å². The zero-order valence-corrected chi connectivity index (χ0v) is 19.8. The highest BCUT2D eigenvalue weighted by Gasteiger charge is 2.32. The van der Waals surface area contributed by atoms with Gasteiger partial charge in [0.15, 0.2) is 0 Å². The molecule has 6 nitrogen and oxygen atoms in total. The van der Waals surface area contributed by atoms with Gasteiger partial charge < -0.3 is 15.2 Å². The van der Waals surface area contributed by atoms with Crippen LogP contribution in [0.25, 0.3) is 5.69 Å².